The predicted molar refractivity (Wildman–Crippen MR) is 125 cm³/mol. The molecule has 0 aromatic heterocycles. The van der Waals surface area contributed by atoms with Gasteiger partial charge in [0, 0.05) is 18.5 Å². The molecule has 0 spiro atoms. The van der Waals surface area contributed by atoms with Crippen molar-refractivity contribution in [3.8, 4) is 0 Å². The highest BCUT2D eigenvalue weighted by molar-refractivity contribution is 5.78. The number of fused-ring (bicyclic) bond motifs is 3. The van der Waals surface area contributed by atoms with Gasteiger partial charge in [0.25, 0.3) is 0 Å². The van der Waals surface area contributed by atoms with Gasteiger partial charge in [0.2, 0.25) is 5.60 Å². The molecule has 5 rings (SSSR count). The van der Waals surface area contributed by atoms with Gasteiger partial charge in [-0.1, -0.05) is 56.3 Å². The zero-order chi connectivity index (χ0) is 25.9. The van der Waals surface area contributed by atoms with Gasteiger partial charge in [0.15, 0.2) is 23.3 Å². The van der Waals surface area contributed by atoms with Gasteiger partial charge in [0.1, 0.15) is 5.82 Å². The molecule has 3 saturated heterocycles. The second kappa shape index (κ2) is 8.43. The first kappa shape index (κ1) is 25.0. The van der Waals surface area contributed by atoms with Crippen LogP contribution in [0.2, 0.25) is 0 Å². The summed E-state index contributed by atoms with van der Waals surface area (Å²) in [5, 5.41) is 32.0. The van der Waals surface area contributed by atoms with E-state index in [1.807, 2.05) is 19.9 Å². The first-order valence-corrected chi connectivity index (χ1v) is 12.1. The Morgan fingerprint density at radius 2 is 1.83 bits per heavy atom. The van der Waals surface area contributed by atoms with Gasteiger partial charge in [-0.05, 0) is 30.0 Å². The minimum atomic E-state index is -1.89. The average Bonchev–Trinajstić information content (AvgIpc) is 3.52. The summed E-state index contributed by atoms with van der Waals surface area (Å²) < 4.78 is 26.9. The number of nitrogens with zero attached hydrogens (tertiary/aromatic N) is 1. The monoisotopic (exact) mass is 499 g/mol. The molecule has 0 amide bonds. The van der Waals surface area contributed by atoms with E-state index in [1.165, 1.54) is 24.3 Å². The van der Waals surface area contributed by atoms with E-state index in [2.05, 4.69) is 0 Å². The van der Waals surface area contributed by atoms with Crippen LogP contribution in [-0.2, 0) is 30.4 Å². The smallest absolute Gasteiger partial charge is 0.305 e. The van der Waals surface area contributed by atoms with Gasteiger partial charge in [-0.15, -0.1) is 0 Å². The zero-order valence-electron chi connectivity index (χ0n) is 20.1. The van der Waals surface area contributed by atoms with Crippen LogP contribution in [0.3, 0.4) is 0 Å². The van der Waals surface area contributed by atoms with Crippen LogP contribution < -0.4 is 0 Å². The lowest BCUT2D eigenvalue weighted by Crippen LogP contribution is -2.68. The van der Waals surface area contributed by atoms with E-state index in [0.717, 1.165) is 0 Å². The molecule has 9 heteroatoms. The Kier molecular flexibility index (Phi) is 5.85. The minimum Gasteiger partial charge on any atom is -0.481 e. The lowest BCUT2D eigenvalue weighted by atomic mass is 9.75. The number of ether oxygens (including phenoxy) is 2. The molecule has 0 saturated carbocycles. The van der Waals surface area contributed by atoms with Gasteiger partial charge < -0.3 is 24.8 Å². The van der Waals surface area contributed by atoms with Crippen LogP contribution in [0.1, 0.15) is 44.2 Å². The maximum absolute atomic E-state index is 13.9. The number of carbonyl (C=O) groups is 2. The van der Waals surface area contributed by atoms with Gasteiger partial charge in [0.05, 0.1) is 18.6 Å². The molecule has 6 atom stereocenters. The molecule has 3 aliphatic rings. The Bertz CT molecular complexity index is 1160. The molecule has 2 aromatic carbocycles. The van der Waals surface area contributed by atoms with Crippen molar-refractivity contribution in [3.63, 3.8) is 0 Å². The van der Waals surface area contributed by atoms with Crippen molar-refractivity contribution in [2.24, 2.45) is 5.92 Å². The number of carboxylic acids is 1. The summed E-state index contributed by atoms with van der Waals surface area (Å²) in [6.07, 6.45) is -1.04. The molecule has 8 nitrogen and oxygen atoms in total. The lowest BCUT2D eigenvalue weighted by molar-refractivity contribution is -0.326. The lowest BCUT2D eigenvalue weighted by Gasteiger charge is -2.54. The van der Waals surface area contributed by atoms with Gasteiger partial charge in [-0.3, -0.25) is 9.59 Å². The molecule has 192 valence electrons. The summed E-state index contributed by atoms with van der Waals surface area (Å²) in [4.78, 5) is 25.9. The molecule has 0 aliphatic carbocycles. The molecule has 0 bridgehead atoms. The zero-order valence-corrected chi connectivity index (χ0v) is 20.1. The van der Waals surface area contributed by atoms with Gasteiger partial charge in [-0.2, -0.15) is 0 Å². The number of benzene rings is 2. The number of halogens is 1. The number of aliphatic hydroxyl groups excluding tert-OH is 1. The van der Waals surface area contributed by atoms with Crippen molar-refractivity contribution in [1.29, 1.82) is 0 Å². The van der Waals surface area contributed by atoms with Crippen LogP contribution in [0.5, 0.6) is 0 Å². The highest BCUT2D eigenvalue weighted by Gasteiger charge is 2.97. The summed E-state index contributed by atoms with van der Waals surface area (Å²) >= 11 is 0. The van der Waals surface area contributed by atoms with Crippen molar-refractivity contribution < 1.29 is 38.8 Å². The van der Waals surface area contributed by atoms with Crippen molar-refractivity contribution in [2.45, 2.75) is 68.0 Å². The van der Waals surface area contributed by atoms with E-state index in [-0.39, 0.29) is 18.9 Å². The van der Waals surface area contributed by atoms with Crippen LogP contribution in [0.15, 0.2) is 54.6 Å². The number of hydrogen-bond acceptors (Lipinski definition) is 7. The number of epoxide rings is 1. The van der Waals surface area contributed by atoms with Crippen LogP contribution >= 0.6 is 0 Å². The summed E-state index contributed by atoms with van der Waals surface area (Å²) in [6, 6.07) is 14.4. The molecular weight excluding hydrogens is 469 g/mol. The number of aliphatic hydroxyl groups is 2. The molecule has 3 fully saturated rings. The third-order valence-electron chi connectivity index (χ3n) is 7.95. The van der Waals surface area contributed by atoms with E-state index in [4.69, 9.17) is 14.6 Å². The number of rotatable bonds is 8. The highest BCUT2D eigenvalue weighted by atomic mass is 19.1. The Balaban J connectivity index is 1.69. The number of morpholine rings is 1. The van der Waals surface area contributed by atoms with Crippen molar-refractivity contribution in [2.75, 3.05) is 6.54 Å². The largest absolute Gasteiger partial charge is 0.481 e. The summed E-state index contributed by atoms with van der Waals surface area (Å²) in [5.74, 6) is -1.96. The number of aldehydes is 1. The van der Waals surface area contributed by atoms with E-state index >= 15 is 0 Å². The van der Waals surface area contributed by atoms with Gasteiger partial charge in [-0.25, -0.2) is 9.29 Å². The summed E-state index contributed by atoms with van der Waals surface area (Å²) in [6.45, 7) is 3.99. The van der Waals surface area contributed by atoms with E-state index < -0.39 is 53.1 Å². The summed E-state index contributed by atoms with van der Waals surface area (Å²) in [7, 11) is 0. The van der Waals surface area contributed by atoms with Crippen molar-refractivity contribution in [1.82, 2.24) is 4.90 Å². The van der Waals surface area contributed by atoms with Crippen LogP contribution in [-0.4, -0.2) is 62.6 Å². The molecule has 3 aliphatic heterocycles. The normalized spacial score (nSPS) is 36.2. The molecule has 6 unspecified atom stereocenters. The fourth-order valence-corrected chi connectivity index (χ4v) is 6.58. The Morgan fingerprint density at radius 3 is 2.42 bits per heavy atom. The minimum absolute atomic E-state index is 0.0524. The Labute approximate surface area is 208 Å². The summed E-state index contributed by atoms with van der Waals surface area (Å²) in [5.41, 5.74) is -5.57. The van der Waals surface area contributed by atoms with Crippen LogP contribution in [0.4, 0.5) is 4.39 Å². The first-order valence-electron chi connectivity index (χ1n) is 12.1. The van der Waals surface area contributed by atoms with Gasteiger partial charge >= 0.3 is 5.97 Å². The van der Waals surface area contributed by atoms with Crippen LogP contribution in [0.25, 0.3) is 0 Å². The third kappa shape index (κ3) is 3.04. The quantitative estimate of drug-likeness (QED) is 0.375. The second-order valence-corrected chi connectivity index (χ2v) is 10.2. The maximum Gasteiger partial charge on any atom is 0.305 e. The number of aliphatic carboxylic acids is 1. The molecule has 2 aromatic rings. The van der Waals surface area contributed by atoms with E-state index in [9.17, 15) is 24.2 Å². The molecule has 3 heterocycles. The van der Waals surface area contributed by atoms with Crippen molar-refractivity contribution in [3.05, 3.63) is 71.5 Å². The SMILES string of the molecule is CC(C)C12OC(CC(O)CC(=O)O)CCN1C(O)(c1ccc(F)cc1)C1(c3ccccc3)OC21C=O. The fraction of sp³-hybridized carbons (Fsp3) is 0.481. The fourth-order valence-electron chi connectivity index (χ4n) is 6.58. The molecular formula is C27H30FNO7. The van der Waals surface area contributed by atoms with Crippen LogP contribution in [0, 0.1) is 11.7 Å². The number of carbonyl (C=O) groups excluding carboxylic acids is 1. The molecule has 0 radical (unpaired) electrons. The Morgan fingerprint density at radius 1 is 1.17 bits per heavy atom. The topological polar surface area (TPSA) is 120 Å². The third-order valence-corrected chi connectivity index (χ3v) is 7.95. The molecule has 3 N–H and O–H groups in total. The highest BCUT2D eigenvalue weighted by Crippen LogP contribution is 2.78. The molecule has 36 heavy (non-hydrogen) atoms. The van der Waals surface area contributed by atoms with Crippen molar-refractivity contribution >= 4 is 12.3 Å². The van der Waals surface area contributed by atoms with E-state index in [0.29, 0.717) is 23.8 Å². The van der Waals surface area contributed by atoms with E-state index in [1.54, 1.807) is 29.2 Å². The number of carboxylic acid groups (broad SMARTS) is 1. The maximum atomic E-state index is 13.9. The predicted octanol–water partition coefficient (Wildman–Crippen LogP) is 2.52. The average molecular weight is 500 g/mol. The Hall–Kier alpha value is -2.69. The standard InChI is InChI=1S/C27H30FNO7/c1-17(2)27-24(16-30)25(36-24,18-6-4-3-5-7-18)26(34,19-8-10-20(28)11-9-19)29(27)13-12-22(35-27)14-21(31)15-23(32)33/h3-11,16-17,21-22,31,34H,12-15H2,1-2H3,(H,32,33). The second-order valence-electron chi connectivity index (χ2n) is 10.2. The first-order chi connectivity index (χ1) is 17.1. The number of hydrogen-bond donors (Lipinski definition) is 3.